The van der Waals surface area contributed by atoms with Gasteiger partial charge >= 0.3 is 11.9 Å². The molecule has 0 amide bonds. The van der Waals surface area contributed by atoms with Crippen LogP contribution in [0.1, 0.15) is 27.6 Å². The largest absolute Gasteiger partial charge is 0.478 e. The first-order valence-corrected chi connectivity index (χ1v) is 4.83. The van der Waals surface area contributed by atoms with Crippen LogP contribution in [-0.4, -0.2) is 30.7 Å². The highest BCUT2D eigenvalue weighted by molar-refractivity contribution is 6.03. The van der Waals surface area contributed by atoms with Crippen LogP contribution >= 0.6 is 0 Å². The van der Waals surface area contributed by atoms with Gasteiger partial charge in [-0.1, -0.05) is 6.07 Å². The quantitative estimate of drug-likeness (QED) is 0.758. The topological polar surface area (TPSA) is 75.6 Å². The molecule has 1 rings (SSSR count). The van der Waals surface area contributed by atoms with Gasteiger partial charge in [0.1, 0.15) is 0 Å². The minimum absolute atomic E-state index is 0.0491. The number of benzene rings is 1. The van der Waals surface area contributed by atoms with Crippen LogP contribution < -0.4 is 5.32 Å². The van der Waals surface area contributed by atoms with Crippen LogP contribution in [0.15, 0.2) is 18.2 Å². The average molecular weight is 223 g/mol. The van der Waals surface area contributed by atoms with Gasteiger partial charge in [0.05, 0.1) is 23.4 Å². The monoisotopic (exact) mass is 223 g/mol. The van der Waals surface area contributed by atoms with Crippen molar-refractivity contribution in [3.05, 3.63) is 29.3 Å². The zero-order valence-electron chi connectivity index (χ0n) is 9.11. The summed E-state index contributed by atoms with van der Waals surface area (Å²) in [5.74, 6) is -1.62. The lowest BCUT2D eigenvalue weighted by molar-refractivity contribution is 0.0527. The van der Waals surface area contributed by atoms with E-state index in [0.29, 0.717) is 0 Å². The number of hydrogen-bond acceptors (Lipinski definition) is 4. The van der Waals surface area contributed by atoms with Gasteiger partial charge in [-0.25, -0.2) is 9.59 Å². The van der Waals surface area contributed by atoms with Crippen molar-refractivity contribution in [2.45, 2.75) is 6.92 Å². The van der Waals surface area contributed by atoms with Crippen molar-refractivity contribution >= 4 is 17.6 Å². The summed E-state index contributed by atoms with van der Waals surface area (Å²) in [5, 5.41) is 11.6. The Morgan fingerprint density at radius 2 is 2.00 bits per heavy atom. The summed E-state index contributed by atoms with van der Waals surface area (Å²) in [4.78, 5) is 22.5. The van der Waals surface area contributed by atoms with E-state index >= 15 is 0 Å². The molecule has 5 nitrogen and oxygen atoms in total. The average Bonchev–Trinajstić information content (AvgIpc) is 2.28. The molecule has 0 saturated carbocycles. The molecule has 0 aliphatic carbocycles. The van der Waals surface area contributed by atoms with Gasteiger partial charge in [0.15, 0.2) is 0 Å². The second-order valence-electron chi connectivity index (χ2n) is 3.00. The van der Waals surface area contributed by atoms with Crippen molar-refractivity contribution in [3.8, 4) is 0 Å². The van der Waals surface area contributed by atoms with E-state index < -0.39 is 11.9 Å². The van der Waals surface area contributed by atoms with Crippen LogP contribution in [0.3, 0.4) is 0 Å². The highest BCUT2D eigenvalue weighted by atomic mass is 16.5. The normalized spacial score (nSPS) is 9.62. The van der Waals surface area contributed by atoms with E-state index in [4.69, 9.17) is 9.84 Å². The second kappa shape index (κ2) is 5.16. The summed E-state index contributed by atoms with van der Waals surface area (Å²) < 4.78 is 4.83. The van der Waals surface area contributed by atoms with E-state index in [1.165, 1.54) is 18.2 Å². The molecule has 0 aliphatic rings. The lowest BCUT2D eigenvalue weighted by atomic mass is 10.1. The van der Waals surface area contributed by atoms with Crippen molar-refractivity contribution in [2.75, 3.05) is 19.0 Å². The third kappa shape index (κ3) is 2.31. The predicted molar refractivity (Wildman–Crippen MR) is 58.9 cm³/mol. The van der Waals surface area contributed by atoms with Gasteiger partial charge < -0.3 is 15.2 Å². The molecule has 0 saturated heterocycles. The van der Waals surface area contributed by atoms with Crippen LogP contribution in [0.4, 0.5) is 5.69 Å². The molecular weight excluding hydrogens is 210 g/mol. The number of rotatable bonds is 4. The lowest BCUT2D eigenvalue weighted by Crippen LogP contribution is -2.11. The first-order valence-electron chi connectivity index (χ1n) is 4.83. The third-order valence-corrected chi connectivity index (χ3v) is 2.04. The molecule has 0 atom stereocenters. The molecule has 2 N–H and O–H groups in total. The fourth-order valence-corrected chi connectivity index (χ4v) is 1.38. The van der Waals surface area contributed by atoms with Crippen LogP contribution in [0.25, 0.3) is 0 Å². The molecule has 1 aromatic carbocycles. The van der Waals surface area contributed by atoms with Crippen LogP contribution in [-0.2, 0) is 4.74 Å². The molecule has 86 valence electrons. The highest BCUT2D eigenvalue weighted by Gasteiger charge is 2.18. The van der Waals surface area contributed by atoms with Crippen LogP contribution in [0.2, 0.25) is 0 Å². The number of carboxylic acid groups (broad SMARTS) is 1. The van der Waals surface area contributed by atoms with Crippen LogP contribution in [0.5, 0.6) is 0 Å². The zero-order valence-corrected chi connectivity index (χ0v) is 9.11. The maximum absolute atomic E-state index is 11.5. The first-order chi connectivity index (χ1) is 7.61. The Hall–Kier alpha value is -2.04. The highest BCUT2D eigenvalue weighted by Crippen LogP contribution is 2.21. The predicted octanol–water partition coefficient (Wildman–Crippen LogP) is 1.60. The molecular formula is C11H13NO4. The summed E-state index contributed by atoms with van der Waals surface area (Å²) in [6.45, 7) is 1.94. The maximum atomic E-state index is 11.5. The molecule has 0 bridgehead atoms. The number of ether oxygens (including phenoxy) is 1. The molecule has 0 fully saturated rings. The van der Waals surface area contributed by atoms with Gasteiger partial charge in [-0.15, -0.1) is 0 Å². The van der Waals surface area contributed by atoms with E-state index in [2.05, 4.69) is 5.32 Å². The maximum Gasteiger partial charge on any atom is 0.340 e. The van der Waals surface area contributed by atoms with Gasteiger partial charge in [0, 0.05) is 7.05 Å². The standard InChI is InChI=1S/C11H13NO4/c1-3-16-11(15)8-6-4-5-7(10(13)14)9(8)12-2/h4-6,12H,3H2,1-2H3,(H,13,14). The first kappa shape index (κ1) is 12.0. The molecule has 0 heterocycles. The number of carbonyl (C=O) groups is 2. The summed E-state index contributed by atoms with van der Waals surface area (Å²) in [6.07, 6.45) is 0. The lowest BCUT2D eigenvalue weighted by Gasteiger charge is -2.10. The van der Waals surface area contributed by atoms with Crippen molar-refractivity contribution in [1.29, 1.82) is 0 Å². The number of aromatic carboxylic acids is 1. The molecule has 0 spiro atoms. The smallest absolute Gasteiger partial charge is 0.340 e. The molecule has 5 heteroatoms. The number of carbonyl (C=O) groups excluding carboxylic acids is 1. The van der Waals surface area contributed by atoms with E-state index in [-0.39, 0.29) is 23.4 Å². The van der Waals surface area contributed by atoms with Crippen LogP contribution in [0, 0.1) is 0 Å². The second-order valence-corrected chi connectivity index (χ2v) is 3.00. The number of para-hydroxylation sites is 1. The number of esters is 1. The number of anilines is 1. The third-order valence-electron chi connectivity index (χ3n) is 2.04. The Morgan fingerprint density at radius 3 is 2.50 bits per heavy atom. The summed E-state index contributed by atoms with van der Waals surface area (Å²) in [6, 6.07) is 4.46. The fourth-order valence-electron chi connectivity index (χ4n) is 1.38. The van der Waals surface area contributed by atoms with Gasteiger partial charge in [-0.2, -0.15) is 0 Å². The Bertz CT molecular complexity index is 414. The minimum Gasteiger partial charge on any atom is -0.478 e. The van der Waals surface area contributed by atoms with Crippen molar-refractivity contribution < 1.29 is 19.4 Å². The molecule has 0 unspecified atom stereocenters. The molecule has 0 aromatic heterocycles. The number of carboxylic acids is 1. The molecule has 0 radical (unpaired) electrons. The Balaban J connectivity index is 3.24. The number of nitrogens with one attached hydrogen (secondary N) is 1. The molecule has 0 aliphatic heterocycles. The fraction of sp³-hybridized carbons (Fsp3) is 0.273. The minimum atomic E-state index is -1.09. The van der Waals surface area contributed by atoms with E-state index in [0.717, 1.165) is 0 Å². The van der Waals surface area contributed by atoms with Gasteiger partial charge in [-0.3, -0.25) is 0 Å². The summed E-state index contributed by atoms with van der Waals surface area (Å²) in [7, 11) is 1.56. The van der Waals surface area contributed by atoms with Gasteiger partial charge in [0.25, 0.3) is 0 Å². The summed E-state index contributed by atoms with van der Waals surface area (Å²) in [5.41, 5.74) is 0.547. The molecule has 16 heavy (non-hydrogen) atoms. The van der Waals surface area contributed by atoms with Gasteiger partial charge in [-0.05, 0) is 19.1 Å². The van der Waals surface area contributed by atoms with Gasteiger partial charge in [0.2, 0.25) is 0 Å². The van der Waals surface area contributed by atoms with E-state index in [1.54, 1.807) is 14.0 Å². The number of hydrogen-bond donors (Lipinski definition) is 2. The van der Waals surface area contributed by atoms with E-state index in [1.807, 2.05) is 0 Å². The van der Waals surface area contributed by atoms with Crippen molar-refractivity contribution in [1.82, 2.24) is 0 Å². The zero-order chi connectivity index (χ0) is 12.1. The molecule has 1 aromatic rings. The SMILES string of the molecule is CCOC(=O)c1cccc(C(=O)O)c1NC. The van der Waals surface area contributed by atoms with Crippen molar-refractivity contribution in [2.24, 2.45) is 0 Å². The van der Waals surface area contributed by atoms with Crippen molar-refractivity contribution in [3.63, 3.8) is 0 Å². The Labute approximate surface area is 93.0 Å². The Morgan fingerprint density at radius 1 is 1.38 bits per heavy atom. The summed E-state index contributed by atoms with van der Waals surface area (Å²) >= 11 is 0. The van der Waals surface area contributed by atoms with E-state index in [9.17, 15) is 9.59 Å². The Kier molecular flexibility index (Phi) is 3.88.